The Morgan fingerprint density at radius 3 is 2.44 bits per heavy atom. The van der Waals surface area contributed by atoms with E-state index in [-0.39, 0.29) is 36.6 Å². The summed E-state index contributed by atoms with van der Waals surface area (Å²) < 4.78 is 11.9. The Morgan fingerprint density at radius 1 is 1.26 bits per heavy atom. The number of furan rings is 1. The van der Waals surface area contributed by atoms with E-state index in [1.807, 2.05) is 13.8 Å². The third-order valence-electron chi connectivity index (χ3n) is 4.61. The maximum Gasteiger partial charge on any atom is 0.355 e. The van der Waals surface area contributed by atoms with Crippen molar-refractivity contribution in [1.29, 1.82) is 0 Å². The van der Waals surface area contributed by atoms with Crippen molar-refractivity contribution in [1.82, 2.24) is 9.47 Å². The fraction of sp³-hybridized carbons (Fsp3) is 0.450. The SMILES string of the molecule is CCOC(=O)c1c(C)c(C(=O)CN(C(=O)c2ccco2)C(C)C)c(C)n1C. The number of carbonyl (C=O) groups is 3. The first-order valence-corrected chi connectivity index (χ1v) is 8.91. The summed E-state index contributed by atoms with van der Waals surface area (Å²) in [6, 6.07) is 3.01. The second-order valence-corrected chi connectivity index (χ2v) is 6.64. The molecule has 7 nitrogen and oxygen atoms in total. The fourth-order valence-electron chi connectivity index (χ4n) is 3.14. The van der Waals surface area contributed by atoms with Crippen LogP contribution in [-0.2, 0) is 11.8 Å². The van der Waals surface area contributed by atoms with Crippen LogP contribution in [-0.4, -0.2) is 46.3 Å². The number of hydrogen-bond acceptors (Lipinski definition) is 5. The summed E-state index contributed by atoms with van der Waals surface area (Å²) in [5.41, 5.74) is 2.02. The van der Waals surface area contributed by atoms with Gasteiger partial charge < -0.3 is 18.6 Å². The predicted molar refractivity (Wildman–Crippen MR) is 100 cm³/mol. The molecule has 1 amide bonds. The molecule has 2 heterocycles. The minimum atomic E-state index is -0.466. The molecule has 0 radical (unpaired) electrons. The van der Waals surface area contributed by atoms with Crippen molar-refractivity contribution in [2.75, 3.05) is 13.2 Å². The molecule has 27 heavy (non-hydrogen) atoms. The van der Waals surface area contributed by atoms with E-state index in [0.717, 1.165) is 0 Å². The lowest BCUT2D eigenvalue weighted by Crippen LogP contribution is -2.40. The topological polar surface area (TPSA) is 81.8 Å². The third kappa shape index (κ3) is 3.97. The van der Waals surface area contributed by atoms with Crippen molar-refractivity contribution in [2.24, 2.45) is 7.05 Å². The Labute approximate surface area is 158 Å². The lowest BCUT2D eigenvalue weighted by molar-refractivity contribution is 0.0513. The van der Waals surface area contributed by atoms with E-state index in [0.29, 0.717) is 22.5 Å². The number of ether oxygens (including phenoxy) is 1. The largest absolute Gasteiger partial charge is 0.461 e. The maximum absolute atomic E-state index is 13.0. The molecule has 0 saturated heterocycles. The van der Waals surface area contributed by atoms with Gasteiger partial charge in [0, 0.05) is 24.3 Å². The fourth-order valence-corrected chi connectivity index (χ4v) is 3.14. The smallest absolute Gasteiger partial charge is 0.355 e. The maximum atomic E-state index is 13.0. The number of amides is 1. The first kappa shape index (κ1) is 20.5. The molecule has 0 saturated carbocycles. The highest BCUT2D eigenvalue weighted by Crippen LogP contribution is 2.23. The first-order valence-electron chi connectivity index (χ1n) is 8.91. The summed E-state index contributed by atoms with van der Waals surface area (Å²) in [7, 11) is 1.72. The van der Waals surface area contributed by atoms with Gasteiger partial charge in [0.25, 0.3) is 5.91 Å². The molecule has 0 aromatic carbocycles. The van der Waals surface area contributed by atoms with Crippen molar-refractivity contribution < 1.29 is 23.5 Å². The van der Waals surface area contributed by atoms with Gasteiger partial charge in [-0.2, -0.15) is 0 Å². The van der Waals surface area contributed by atoms with Gasteiger partial charge >= 0.3 is 5.97 Å². The number of ketones is 1. The molecule has 0 unspecified atom stereocenters. The van der Waals surface area contributed by atoms with Crippen molar-refractivity contribution in [3.63, 3.8) is 0 Å². The van der Waals surface area contributed by atoms with Crippen LogP contribution in [0.15, 0.2) is 22.8 Å². The van der Waals surface area contributed by atoms with E-state index in [1.54, 1.807) is 44.5 Å². The molecule has 0 spiro atoms. The molecule has 2 aromatic heterocycles. The summed E-state index contributed by atoms with van der Waals surface area (Å²) in [5, 5.41) is 0. The normalized spacial score (nSPS) is 10.9. The van der Waals surface area contributed by atoms with E-state index in [9.17, 15) is 14.4 Å². The Bertz CT molecular complexity index is 846. The highest BCUT2D eigenvalue weighted by molar-refractivity contribution is 6.05. The van der Waals surface area contributed by atoms with E-state index in [2.05, 4.69) is 0 Å². The standard InChI is InChI=1S/C20H26N2O5/c1-7-26-20(25)18-13(4)17(14(5)21(18)6)15(23)11-22(12(2)3)19(24)16-9-8-10-27-16/h8-10,12H,7,11H2,1-6H3. The van der Waals surface area contributed by atoms with Crippen molar-refractivity contribution in [3.05, 3.63) is 46.7 Å². The molecule has 0 N–H and O–H groups in total. The molecule has 0 aliphatic rings. The zero-order valence-corrected chi connectivity index (χ0v) is 16.7. The van der Waals surface area contributed by atoms with Gasteiger partial charge in [-0.05, 0) is 52.3 Å². The number of nitrogens with zero attached hydrogens (tertiary/aromatic N) is 2. The van der Waals surface area contributed by atoms with Crippen LogP contribution in [0, 0.1) is 13.8 Å². The average Bonchev–Trinajstić information content (AvgIpc) is 3.20. The molecule has 2 rings (SSSR count). The monoisotopic (exact) mass is 374 g/mol. The van der Waals surface area contributed by atoms with Gasteiger partial charge in [0.15, 0.2) is 11.5 Å². The van der Waals surface area contributed by atoms with Crippen LogP contribution in [0.2, 0.25) is 0 Å². The second-order valence-electron chi connectivity index (χ2n) is 6.64. The lowest BCUT2D eigenvalue weighted by Gasteiger charge is -2.25. The van der Waals surface area contributed by atoms with Crippen LogP contribution in [0.25, 0.3) is 0 Å². The van der Waals surface area contributed by atoms with Gasteiger partial charge in [0.05, 0.1) is 19.4 Å². The minimum Gasteiger partial charge on any atom is -0.461 e. The zero-order valence-electron chi connectivity index (χ0n) is 16.7. The highest BCUT2D eigenvalue weighted by atomic mass is 16.5. The Hall–Kier alpha value is -2.83. The summed E-state index contributed by atoms with van der Waals surface area (Å²) in [6.07, 6.45) is 1.42. The van der Waals surface area contributed by atoms with Crippen LogP contribution in [0.1, 0.15) is 63.4 Å². The van der Waals surface area contributed by atoms with Gasteiger partial charge in [-0.15, -0.1) is 0 Å². The third-order valence-corrected chi connectivity index (χ3v) is 4.61. The first-order chi connectivity index (χ1) is 12.7. The quantitative estimate of drug-likeness (QED) is 0.549. The molecule has 0 aliphatic heterocycles. The van der Waals surface area contributed by atoms with E-state index in [4.69, 9.17) is 9.15 Å². The Balaban J connectivity index is 2.35. The molecular formula is C20H26N2O5. The van der Waals surface area contributed by atoms with Crippen LogP contribution < -0.4 is 0 Å². The number of aromatic nitrogens is 1. The number of esters is 1. The Morgan fingerprint density at radius 2 is 1.93 bits per heavy atom. The molecule has 0 fully saturated rings. The number of carbonyl (C=O) groups excluding carboxylic acids is 3. The van der Waals surface area contributed by atoms with Crippen molar-refractivity contribution in [3.8, 4) is 0 Å². The molecule has 0 aliphatic carbocycles. The van der Waals surface area contributed by atoms with Gasteiger partial charge in [-0.3, -0.25) is 9.59 Å². The molecule has 2 aromatic rings. The minimum absolute atomic E-state index is 0.106. The molecule has 0 atom stereocenters. The van der Waals surface area contributed by atoms with Crippen molar-refractivity contribution in [2.45, 2.75) is 40.7 Å². The van der Waals surface area contributed by atoms with Crippen LogP contribution >= 0.6 is 0 Å². The molecule has 7 heteroatoms. The number of rotatable bonds is 7. The highest BCUT2D eigenvalue weighted by Gasteiger charge is 2.29. The van der Waals surface area contributed by atoms with Gasteiger partial charge in [0.1, 0.15) is 5.69 Å². The zero-order chi connectivity index (χ0) is 20.3. The predicted octanol–water partition coefficient (Wildman–Crippen LogP) is 3.15. The number of hydrogen-bond donors (Lipinski definition) is 0. The summed E-state index contributed by atoms with van der Waals surface area (Å²) in [4.78, 5) is 39.4. The molecular weight excluding hydrogens is 348 g/mol. The Kier molecular flexibility index (Phi) is 6.25. The summed E-state index contributed by atoms with van der Waals surface area (Å²) in [6.45, 7) is 9.05. The molecule has 0 bridgehead atoms. The average molecular weight is 374 g/mol. The van der Waals surface area contributed by atoms with Gasteiger partial charge in [0.2, 0.25) is 0 Å². The second kappa shape index (κ2) is 8.24. The number of Topliss-reactive ketones (excluding diaryl/α,β-unsaturated/α-hetero) is 1. The van der Waals surface area contributed by atoms with E-state index in [1.165, 1.54) is 11.2 Å². The van der Waals surface area contributed by atoms with Gasteiger partial charge in [-0.25, -0.2) is 4.79 Å². The van der Waals surface area contributed by atoms with Crippen LogP contribution in [0.5, 0.6) is 0 Å². The van der Waals surface area contributed by atoms with E-state index < -0.39 is 5.97 Å². The van der Waals surface area contributed by atoms with E-state index >= 15 is 0 Å². The van der Waals surface area contributed by atoms with Gasteiger partial charge in [-0.1, -0.05) is 0 Å². The summed E-state index contributed by atoms with van der Waals surface area (Å²) >= 11 is 0. The molecule has 146 valence electrons. The lowest BCUT2D eigenvalue weighted by atomic mass is 10.0. The van der Waals surface area contributed by atoms with Crippen molar-refractivity contribution >= 4 is 17.7 Å². The summed E-state index contributed by atoms with van der Waals surface area (Å²) in [5.74, 6) is -0.859. The van der Waals surface area contributed by atoms with Crippen LogP contribution in [0.4, 0.5) is 0 Å². The van der Waals surface area contributed by atoms with Crippen LogP contribution in [0.3, 0.4) is 0 Å².